The number of fused-ring (bicyclic) bond motifs is 1. The molecule has 4 nitrogen and oxygen atoms in total. The van der Waals surface area contributed by atoms with Gasteiger partial charge in [-0.05, 0) is 67.3 Å². The summed E-state index contributed by atoms with van der Waals surface area (Å²) >= 11 is 1.29. The van der Waals surface area contributed by atoms with Crippen LogP contribution in [-0.4, -0.2) is 14.3 Å². The molecule has 0 bridgehead atoms. The van der Waals surface area contributed by atoms with Crippen molar-refractivity contribution in [1.29, 1.82) is 0 Å². The van der Waals surface area contributed by atoms with Crippen LogP contribution in [0.1, 0.15) is 27.8 Å². The number of carbonyl (C=O) groups excluding carboxylic acids is 1. The van der Waals surface area contributed by atoms with E-state index in [1.165, 1.54) is 11.8 Å². The van der Waals surface area contributed by atoms with E-state index < -0.39 is 9.84 Å². The summed E-state index contributed by atoms with van der Waals surface area (Å²) in [6, 6.07) is 18.6. The fourth-order valence-corrected chi connectivity index (χ4v) is 6.13. The molecule has 4 rings (SSSR count). The highest BCUT2D eigenvalue weighted by molar-refractivity contribution is 8.04. The zero-order chi connectivity index (χ0) is 22.2. The second kappa shape index (κ2) is 8.36. The lowest BCUT2D eigenvalue weighted by atomic mass is 10.1. The van der Waals surface area contributed by atoms with Crippen molar-refractivity contribution in [3.8, 4) is 0 Å². The molecule has 3 aromatic carbocycles. The van der Waals surface area contributed by atoms with Crippen LogP contribution in [0.3, 0.4) is 0 Å². The van der Waals surface area contributed by atoms with E-state index in [1.807, 2.05) is 69.3 Å². The Hall–Kier alpha value is -2.83. The molecule has 0 saturated heterocycles. The van der Waals surface area contributed by atoms with Crippen LogP contribution >= 0.6 is 11.8 Å². The minimum atomic E-state index is -3.53. The van der Waals surface area contributed by atoms with Crippen LogP contribution in [0, 0.1) is 20.8 Å². The lowest BCUT2D eigenvalue weighted by Gasteiger charge is -2.20. The van der Waals surface area contributed by atoms with Crippen LogP contribution in [0.2, 0.25) is 0 Å². The molecule has 1 aliphatic rings. The van der Waals surface area contributed by atoms with Gasteiger partial charge in [0.15, 0.2) is 9.84 Å². The average molecular weight is 450 g/mol. The van der Waals surface area contributed by atoms with Crippen LogP contribution in [0.25, 0.3) is 6.08 Å². The van der Waals surface area contributed by atoms with Crippen molar-refractivity contribution in [2.45, 2.75) is 36.3 Å². The number of amides is 1. The van der Waals surface area contributed by atoms with Gasteiger partial charge in [-0.1, -0.05) is 59.8 Å². The first-order valence-electron chi connectivity index (χ1n) is 9.92. The quantitative estimate of drug-likeness (QED) is 0.521. The van der Waals surface area contributed by atoms with E-state index in [2.05, 4.69) is 5.32 Å². The Kier molecular flexibility index (Phi) is 5.77. The third kappa shape index (κ3) is 4.60. The molecule has 0 aliphatic carbocycles. The Morgan fingerprint density at radius 2 is 1.61 bits per heavy atom. The Balaban J connectivity index is 1.65. The van der Waals surface area contributed by atoms with Gasteiger partial charge >= 0.3 is 0 Å². The molecule has 0 fully saturated rings. The number of rotatable bonds is 4. The Morgan fingerprint density at radius 3 is 2.29 bits per heavy atom. The second-order valence-electron chi connectivity index (χ2n) is 7.76. The monoisotopic (exact) mass is 449 g/mol. The number of sulfone groups is 1. The van der Waals surface area contributed by atoms with Gasteiger partial charge in [-0.3, -0.25) is 4.79 Å². The van der Waals surface area contributed by atoms with E-state index in [-0.39, 0.29) is 16.6 Å². The smallest absolute Gasteiger partial charge is 0.262 e. The normalized spacial score (nSPS) is 14.9. The molecule has 1 N–H and O–H groups in total. The predicted octanol–water partition coefficient (Wildman–Crippen LogP) is 5.67. The molecule has 0 radical (unpaired) electrons. The van der Waals surface area contributed by atoms with Gasteiger partial charge in [-0.2, -0.15) is 0 Å². The third-order valence-corrected chi connectivity index (χ3v) is 8.08. The van der Waals surface area contributed by atoms with Crippen molar-refractivity contribution in [1.82, 2.24) is 0 Å². The summed E-state index contributed by atoms with van der Waals surface area (Å²) in [6.07, 6.45) is 1.82. The van der Waals surface area contributed by atoms with E-state index in [0.29, 0.717) is 10.6 Å². The SMILES string of the molecule is Cc1ccc(/C=C2/Sc3cc(S(=O)(=O)Cc4c(C)cccc4C)ccc3NC2=O)cc1. The molecule has 6 heteroatoms. The van der Waals surface area contributed by atoms with E-state index >= 15 is 0 Å². The highest BCUT2D eigenvalue weighted by Gasteiger charge is 2.25. The summed E-state index contributed by atoms with van der Waals surface area (Å²) in [5, 5.41) is 2.87. The molecule has 158 valence electrons. The Morgan fingerprint density at radius 1 is 0.935 bits per heavy atom. The van der Waals surface area contributed by atoms with Gasteiger partial charge in [-0.25, -0.2) is 8.42 Å². The van der Waals surface area contributed by atoms with Crippen LogP contribution < -0.4 is 5.32 Å². The zero-order valence-corrected chi connectivity index (χ0v) is 19.2. The molecule has 1 aliphatic heterocycles. The second-order valence-corrected chi connectivity index (χ2v) is 10.8. The average Bonchev–Trinajstić information content (AvgIpc) is 2.73. The fourth-order valence-electron chi connectivity index (χ4n) is 3.49. The molecule has 1 heterocycles. The summed E-state index contributed by atoms with van der Waals surface area (Å²) in [6.45, 7) is 5.87. The van der Waals surface area contributed by atoms with Crippen molar-refractivity contribution in [2.24, 2.45) is 0 Å². The standard InChI is InChI=1S/C25H23NO3S2/c1-16-7-9-19(10-8-16)13-24-25(27)26-22-12-11-20(14-23(22)30-24)31(28,29)15-21-17(2)5-4-6-18(21)3/h4-14H,15H2,1-3H3,(H,26,27)/b24-13+. The van der Waals surface area contributed by atoms with Gasteiger partial charge in [0.2, 0.25) is 0 Å². The molecule has 0 saturated carbocycles. The molecule has 1 amide bonds. The number of anilines is 1. The maximum atomic E-state index is 13.1. The highest BCUT2D eigenvalue weighted by atomic mass is 32.2. The molecule has 31 heavy (non-hydrogen) atoms. The van der Waals surface area contributed by atoms with Crippen LogP contribution in [-0.2, 0) is 20.4 Å². The Bertz CT molecular complexity index is 1290. The number of nitrogens with one attached hydrogen (secondary N) is 1. The molecule has 3 aromatic rings. The first kappa shape index (κ1) is 21.4. The third-order valence-electron chi connectivity index (χ3n) is 5.36. The van der Waals surface area contributed by atoms with Crippen LogP contribution in [0.15, 0.2) is 75.4 Å². The van der Waals surface area contributed by atoms with Gasteiger partial charge < -0.3 is 5.32 Å². The molecule has 0 unspecified atom stereocenters. The molecule has 0 aromatic heterocycles. The van der Waals surface area contributed by atoms with Crippen LogP contribution in [0.4, 0.5) is 5.69 Å². The number of benzene rings is 3. The summed E-state index contributed by atoms with van der Waals surface area (Å²) in [4.78, 5) is 14.0. The van der Waals surface area contributed by atoms with E-state index in [1.54, 1.807) is 18.2 Å². The number of carbonyl (C=O) groups is 1. The number of hydrogen-bond donors (Lipinski definition) is 1. The largest absolute Gasteiger partial charge is 0.320 e. The van der Waals surface area contributed by atoms with Crippen molar-refractivity contribution >= 4 is 39.3 Å². The Labute approximate surface area is 187 Å². The van der Waals surface area contributed by atoms with Crippen molar-refractivity contribution in [3.63, 3.8) is 0 Å². The van der Waals surface area contributed by atoms with Crippen LogP contribution in [0.5, 0.6) is 0 Å². The first-order chi connectivity index (χ1) is 14.7. The van der Waals surface area contributed by atoms with Gasteiger partial charge in [0.05, 0.1) is 21.2 Å². The maximum absolute atomic E-state index is 13.1. The summed E-state index contributed by atoms with van der Waals surface area (Å²) in [5.41, 5.74) is 5.46. The summed E-state index contributed by atoms with van der Waals surface area (Å²) in [7, 11) is -3.53. The van der Waals surface area contributed by atoms with Gasteiger partial charge in [-0.15, -0.1) is 0 Å². The molecule has 0 spiro atoms. The van der Waals surface area contributed by atoms with E-state index in [9.17, 15) is 13.2 Å². The molecular weight excluding hydrogens is 426 g/mol. The minimum Gasteiger partial charge on any atom is -0.320 e. The lowest BCUT2D eigenvalue weighted by Crippen LogP contribution is -2.17. The number of thioether (sulfide) groups is 1. The molecule has 0 atom stereocenters. The minimum absolute atomic E-state index is 0.0482. The first-order valence-corrected chi connectivity index (χ1v) is 12.4. The van der Waals surface area contributed by atoms with Crippen molar-refractivity contribution in [3.05, 3.63) is 93.4 Å². The highest BCUT2D eigenvalue weighted by Crippen LogP contribution is 2.40. The van der Waals surface area contributed by atoms with Gasteiger partial charge in [0, 0.05) is 4.90 Å². The van der Waals surface area contributed by atoms with Gasteiger partial charge in [0.1, 0.15) is 0 Å². The summed E-state index contributed by atoms with van der Waals surface area (Å²) in [5.74, 6) is -0.239. The topological polar surface area (TPSA) is 63.2 Å². The molecular formula is C25H23NO3S2. The van der Waals surface area contributed by atoms with Crippen molar-refractivity contribution in [2.75, 3.05) is 5.32 Å². The maximum Gasteiger partial charge on any atom is 0.262 e. The number of aryl methyl sites for hydroxylation is 3. The number of hydrogen-bond acceptors (Lipinski definition) is 4. The van der Waals surface area contributed by atoms with Gasteiger partial charge in [0.25, 0.3) is 5.91 Å². The van der Waals surface area contributed by atoms with E-state index in [4.69, 9.17) is 0 Å². The summed E-state index contributed by atoms with van der Waals surface area (Å²) < 4.78 is 26.3. The van der Waals surface area contributed by atoms with Crippen molar-refractivity contribution < 1.29 is 13.2 Å². The predicted molar refractivity (Wildman–Crippen MR) is 127 cm³/mol. The fraction of sp³-hybridized carbons (Fsp3) is 0.160. The lowest BCUT2D eigenvalue weighted by molar-refractivity contribution is -0.112. The van der Waals surface area contributed by atoms with E-state index in [0.717, 1.165) is 32.7 Å². The zero-order valence-electron chi connectivity index (χ0n) is 17.6.